The molecule has 0 radical (unpaired) electrons. The van der Waals surface area contributed by atoms with Crippen molar-refractivity contribution in [3.05, 3.63) is 64.4 Å². The maximum Gasteiger partial charge on any atom is 0.413 e. The molecule has 1 heterocycles. The molecule has 2 aromatic carbocycles. The standard InChI is InChI=1S/C18H16BrFN4O2/c1-11(12-6-4-3-5-7-12)26-18(25)21-17-16(22-23-24(17)2)14-9-8-13(19)10-15(14)20/h3-11H,1-2H3,(H,21,25)/t11-/m1/s1. The highest BCUT2D eigenvalue weighted by atomic mass is 79.9. The number of aryl methyl sites for hydroxylation is 1. The Morgan fingerprint density at radius 1 is 1.27 bits per heavy atom. The lowest BCUT2D eigenvalue weighted by Gasteiger charge is -2.14. The maximum absolute atomic E-state index is 14.2. The highest BCUT2D eigenvalue weighted by Crippen LogP contribution is 2.29. The second-order valence-electron chi connectivity index (χ2n) is 5.62. The molecule has 6 nitrogen and oxygen atoms in total. The van der Waals surface area contributed by atoms with Gasteiger partial charge >= 0.3 is 6.09 Å². The Morgan fingerprint density at radius 3 is 2.69 bits per heavy atom. The molecule has 1 amide bonds. The van der Waals surface area contributed by atoms with Crippen molar-refractivity contribution in [2.75, 3.05) is 5.32 Å². The van der Waals surface area contributed by atoms with Crippen molar-refractivity contribution in [3.8, 4) is 11.3 Å². The van der Waals surface area contributed by atoms with E-state index in [1.807, 2.05) is 30.3 Å². The third kappa shape index (κ3) is 3.91. The number of carbonyl (C=O) groups excluding carboxylic acids is 1. The molecule has 1 aromatic heterocycles. The molecule has 3 aromatic rings. The predicted molar refractivity (Wildman–Crippen MR) is 99.1 cm³/mol. The summed E-state index contributed by atoms with van der Waals surface area (Å²) < 4.78 is 21.6. The van der Waals surface area contributed by atoms with Crippen LogP contribution in [0.25, 0.3) is 11.3 Å². The number of nitrogens with one attached hydrogen (secondary N) is 1. The average Bonchev–Trinajstić information content (AvgIpc) is 2.96. The normalized spacial score (nSPS) is 11.8. The van der Waals surface area contributed by atoms with E-state index in [9.17, 15) is 9.18 Å². The van der Waals surface area contributed by atoms with Crippen molar-refractivity contribution in [2.45, 2.75) is 13.0 Å². The Labute approximate surface area is 158 Å². The van der Waals surface area contributed by atoms with Gasteiger partial charge in [-0.15, -0.1) is 5.10 Å². The molecule has 0 saturated heterocycles. The van der Waals surface area contributed by atoms with Gasteiger partial charge in [0.05, 0.1) is 0 Å². The molecule has 1 atom stereocenters. The van der Waals surface area contributed by atoms with Crippen LogP contribution in [0.15, 0.2) is 53.0 Å². The number of nitrogens with zero attached hydrogens (tertiary/aromatic N) is 3. The van der Waals surface area contributed by atoms with Gasteiger partial charge in [-0.05, 0) is 30.7 Å². The number of carbonyl (C=O) groups is 1. The van der Waals surface area contributed by atoms with Crippen LogP contribution in [0.1, 0.15) is 18.6 Å². The quantitative estimate of drug-likeness (QED) is 0.666. The summed E-state index contributed by atoms with van der Waals surface area (Å²) >= 11 is 3.21. The monoisotopic (exact) mass is 418 g/mol. The highest BCUT2D eigenvalue weighted by Gasteiger charge is 2.20. The van der Waals surface area contributed by atoms with Crippen LogP contribution in [-0.4, -0.2) is 21.1 Å². The largest absolute Gasteiger partial charge is 0.441 e. The van der Waals surface area contributed by atoms with E-state index >= 15 is 0 Å². The minimum atomic E-state index is -0.675. The van der Waals surface area contributed by atoms with Crippen LogP contribution in [0.4, 0.5) is 15.0 Å². The van der Waals surface area contributed by atoms with Crippen molar-refractivity contribution in [1.82, 2.24) is 15.0 Å². The molecule has 3 rings (SSSR count). The zero-order chi connectivity index (χ0) is 18.7. The summed E-state index contributed by atoms with van der Waals surface area (Å²) in [7, 11) is 1.60. The number of hydrogen-bond acceptors (Lipinski definition) is 4. The topological polar surface area (TPSA) is 69.0 Å². The number of hydrogen-bond donors (Lipinski definition) is 1. The van der Waals surface area contributed by atoms with Crippen molar-refractivity contribution in [3.63, 3.8) is 0 Å². The summed E-state index contributed by atoms with van der Waals surface area (Å²) in [5, 5.41) is 10.4. The summed E-state index contributed by atoms with van der Waals surface area (Å²) in [5.74, 6) is -0.231. The number of ether oxygens (including phenoxy) is 1. The van der Waals surface area contributed by atoms with Crippen LogP contribution in [0.2, 0.25) is 0 Å². The molecule has 8 heteroatoms. The molecule has 26 heavy (non-hydrogen) atoms. The van der Waals surface area contributed by atoms with Crippen LogP contribution in [0.5, 0.6) is 0 Å². The molecule has 0 aliphatic carbocycles. The van der Waals surface area contributed by atoms with Gasteiger partial charge in [0.2, 0.25) is 0 Å². The van der Waals surface area contributed by atoms with E-state index < -0.39 is 18.0 Å². The smallest absolute Gasteiger partial charge is 0.413 e. The van der Waals surface area contributed by atoms with Gasteiger partial charge in [0.25, 0.3) is 0 Å². The first kappa shape index (κ1) is 18.1. The Kier molecular flexibility index (Phi) is 5.32. The second-order valence-corrected chi connectivity index (χ2v) is 6.53. The van der Waals surface area contributed by atoms with Gasteiger partial charge in [0, 0.05) is 17.1 Å². The first-order chi connectivity index (χ1) is 12.5. The van der Waals surface area contributed by atoms with Gasteiger partial charge in [-0.2, -0.15) is 0 Å². The fourth-order valence-electron chi connectivity index (χ4n) is 2.44. The van der Waals surface area contributed by atoms with Gasteiger partial charge < -0.3 is 4.74 Å². The zero-order valence-electron chi connectivity index (χ0n) is 14.1. The minimum Gasteiger partial charge on any atom is -0.441 e. The lowest BCUT2D eigenvalue weighted by molar-refractivity contribution is 0.121. The van der Waals surface area contributed by atoms with Crippen LogP contribution in [0, 0.1) is 5.82 Å². The van der Waals surface area contributed by atoms with Gasteiger partial charge in [-0.3, -0.25) is 5.32 Å². The summed E-state index contributed by atoms with van der Waals surface area (Å²) in [4.78, 5) is 12.3. The number of aromatic nitrogens is 3. The minimum absolute atomic E-state index is 0.224. The van der Waals surface area contributed by atoms with Gasteiger partial charge in [0.15, 0.2) is 5.82 Å². The predicted octanol–water partition coefficient (Wildman–Crippen LogP) is 4.69. The number of anilines is 1. The lowest BCUT2D eigenvalue weighted by Crippen LogP contribution is -2.18. The summed E-state index contributed by atoms with van der Waals surface area (Å²) in [5.41, 5.74) is 1.32. The van der Waals surface area contributed by atoms with Crippen LogP contribution in [0.3, 0.4) is 0 Å². The molecule has 1 N–H and O–H groups in total. The van der Waals surface area contributed by atoms with Crippen molar-refractivity contribution in [1.29, 1.82) is 0 Å². The first-order valence-electron chi connectivity index (χ1n) is 7.83. The van der Waals surface area contributed by atoms with E-state index in [-0.39, 0.29) is 17.1 Å². The molecule has 0 spiro atoms. The van der Waals surface area contributed by atoms with E-state index in [1.165, 1.54) is 10.7 Å². The third-order valence-corrected chi connectivity index (χ3v) is 4.28. The molecular weight excluding hydrogens is 403 g/mol. The summed E-state index contributed by atoms with van der Waals surface area (Å²) in [6, 6.07) is 13.9. The van der Waals surface area contributed by atoms with E-state index in [0.717, 1.165) is 5.56 Å². The Balaban J connectivity index is 1.80. The molecule has 0 bridgehead atoms. The third-order valence-electron chi connectivity index (χ3n) is 3.79. The van der Waals surface area contributed by atoms with Gasteiger partial charge in [0.1, 0.15) is 17.6 Å². The number of halogens is 2. The Morgan fingerprint density at radius 2 is 2.00 bits per heavy atom. The summed E-state index contributed by atoms with van der Waals surface area (Å²) in [6.45, 7) is 1.77. The van der Waals surface area contributed by atoms with Crippen molar-refractivity contribution >= 4 is 27.8 Å². The van der Waals surface area contributed by atoms with E-state index in [0.29, 0.717) is 4.47 Å². The number of amides is 1. The van der Waals surface area contributed by atoms with E-state index in [4.69, 9.17) is 4.74 Å². The lowest BCUT2D eigenvalue weighted by atomic mass is 10.1. The highest BCUT2D eigenvalue weighted by molar-refractivity contribution is 9.10. The van der Waals surface area contributed by atoms with Gasteiger partial charge in [-0.1, -0.05) is 51.5 Å². The molecule has 0 saturated carbocycles. The Bertz CT molecular complexity index is 930. The summed E-state index contributed by atoms with van der Waals surface area (Å²) in [6.07, 6.45) is -1.12. The first-order valence-corrected chi connectivity index (χ1v) is 8.62. The second kappa shape index (κ2) is 7.65. The molecule has 0 aliphatic heterocycles. The molecular formula is C18H16BrFN4O2. The van der Waals surface area contributed by atoms with Crippen molar-refractivity contribution < 1.29 is 13.9 Å². The van der Waals surface area contributed by atoms with Crippen molar-refractivity contribution in [2.24, 2.45) is 7.05 Å². The molecule has 134 valence electrons. The Hall–Kier alpha value is -2.74. The molecule has 0 aliphatic rings. The van der Waals surface area contributed by atoms with E-state index in [1.54, 1.807) is 26.1 Å². The fraction of sp³-hybridized carbons (Fsp3) is 0.167. The van der Waals surface area contributed by atoms with Gasteiger partial charge in [-0.25, -0.2) is 13.9 Å². The van der Waals surface area contributed by atoms with E-state index in [2.05, 4.69) is 31.6 Å². The van der Waals surface area contributed by atoms with Crippen LogP contribution < -0.4 is 5.32 Å². The average molecular weight is 419 g/mol. The molecule has 0 fully saturated rings. The van der Waals surface area contributed by atoms with Crippen LogP contribution >= 0.6 is 15.9 Å². The number of rotatable bonds is 4. The number of benzene rings is 2. The zero-order valence-corrected chi connectivity index (χ0v) is 15.7. The fourth-order valence-corrected chi connectivity index (χ4v) is 2.77. The molecule has 0 unspecified atom stereocenters. The SMILES string of the molecule is C[C@@H](OC(=O)Nc1c(-c2ccc(Br)cc2F)nnn1C)c1ccccc1. The maximum atomic E-state index is 14.2. The van der Waals surface area contributed by atoms with Crippen LogP contribution in [-0.2, 0) is 11.8 Å².